The fourth-order valence-electron chi connectivity index (χ4n) is 3.27. The second-order valence-electron chi connectivity index (χ2n) is 6.15. The summed E-state index contributed by atoms with van der Waals surface area (Å²) >= 11 is 0. The Hall–Kier alpha value is -2.83. The predicted molar refractivity (Wildman–Crippen MR) is 90.3 cm³/mol. The van der Waals surface area contributed by atoms with E-state index in [0.29, 0.717) is 25.3 Å². The van der Waals surface area contributed by atoms with Crippen LogP contribution in [-0.4, -0.2) is 51.9 Å². The normalized spacial score (nSPS) is 19.8. The molecule has 0 aliphatic carbocycles. The number of amides is 1. The molecule has 0 saturated carbocycles. The fraction of sp³-hybridized carbons (Fsp3) is 0.389. The minimum Gasteiger partial charge on any atom is -0.497 e. The van der Waals surface area contributed by atoms with Crippen molar-refractivity contribution in [2.75, 3.05) is 20.2 Å². The van der Waals surface area contributed by atoms with Crippen LogP contribution in [0.2, 0.25) is 0 Å². The fourth-order valence-corrected chi connectivity index (χ4v) is 3.27. The molecule has 1 amide bonds. The van der Waals surface area contributed by atoms with Crippen LogP contribution in [0.4, 0.5) is 0 Å². The molecule has 0 bridgehead atoms. The second-order valence-corrected chi connectivity index (χ2v) is 6.15. The number of carboxylic acid groups (broad SMARTS) is 1. The number of methoxy groups -OCH3 is 1. The van der Waals surface area contributed by atoms with E-state index in [1.807, 2.05) is 24.3 Å². The number of ether oxygens (including phenoxy) is 1. The third-order valence-corrected chi connectivity index (χ3v) is 4.63. The van der Waals surface area contributed by atoms with E-state index in [9.17, 15) is 14.7 Å². The molecule has 0 unspecified atom stereocenters. The first-order valence-corrected chi connectivity index (χ1v) is 8.20. The Morgan fingerprint density at radius 3 is 2.84 bits per heavy atom. The maximum atomic E-state index is 12.5. The largest absolute Gasteiger partial charge is 0.497 e. The van der Waals surface area contributed by atoms with Crippen LogP contribution in [0.1, 0.15) is 17.9 Å². The number of aliphatic carboxylic acids is 1. The van der Waals surface area contributed by atoms with E-state index < -0.39 is 11.9 Å². The SMILES string of the molecule is COc1cccc([C@@H]2CN(C(=O)CCn3cccn3)C[C@H]2C(=O)O)c1. The second kappa shape index (κ2) is 7.38. The topological polar surface area (TPSA) is 84.7 Å². The molecule has 1 N–H and O–H groups in total. The Kier molecular flexibility index (Phi) is 5.02. The van der Waals surface area contributed by atoms with Gasteiger partial charge >= 0.3 is 5.97 Å². The summed E-state index contributed by atoms with van der Waals surface area (Å²) in [5.74, 6) is -1.09. The number of nitrogens with zero attached hydrogens (tertiary/aromatic N) is 3. The molecule has 2 heterocycles. The summed E-state index contributed by atoms with van der Waals surface area (Å²) in [5.41, 5.74) is 0.883. The van der Waals surface area contributed by atoms with Gasteiger partial charge in [-0.3, -0.25) is 14.3 Å². The first kappa shape index (κ1) is 17.0. The molecule has 1 aromatic carbocycles. The summed E-state index contributed by atoms with van der Waals surface area (Å²) in [4.78, 5) is 25.8. The lowest BCUT2D eigenvalue weighted by atomic mass is 9.89. The van der Waals surface area contributed by atoms with Crippen molar-refractivity contribution in [1.29, 1.82) is 0 Å². The Labute approximate surface area is 145 Å². The van der Waals surface area contributed by atoms with Crippen molar-refractivity contribution in [2.24, 2.45) is 5.92 Å². The van der Waals surface area contributed by atoms with Gasteiger partial charge in [0.1, 0.15) is 5.75 Å². The first-order chi connectivity index (χ1) is 12.1. The third-order valence-electron chi connectivity index (χ3n) is 4.63. The molecule has 1 aliphatic rings. The minimum absolute atomic E-state index is 0.0489. The van der Waals surface area contributed by atoms with Gasteiger partial charge in [0.25, 0.3) is 0 Å². The molecule has 2 aromatic rings. The maximum Gasteiger partial charge on any atom is 0.308 e. The molecule has 0 radical (unpaired) electrons. The number of benzene rings is 1. The van der Waals surface area contributed by atoms with Crippen LogP contribution >= 0.6 is 0 Å². The van der Waals surface area contributed by atoms with E-state index in [0.717, 1.165) is 5.56 Å². The van der Waals surface area contributed by atoms with Gasteiger partial charge in [-0.05, 0) is 23.8 Å². The lowest BCUT2D eigenvalue weighted by Crippen LogP contribution is -2.30. The van der Waals surface area contributed by atoms with Crippen molar-refractivity contribution in [3.05, 3.63) is 48.3 Å². The third kappa shape index (κ3) is 3.81. The van der Waals surface area contributed by atoms with E-state index in [1.165, 1.54) is 0 Å². The first-order valence-electron chi connectivity index (χ1n) is 8.20. The zero-order valence-electron chi connectivity index (χ0n) is 14.0. The quantitative estimate of drug-likeness (QED) is 0.861. The lowest BCUT2D eigenvalue weighted by molar-refractivity contribution is -0.141. The van der Waals surface area contributed by atoms with Gasteiger partial charge in [0.2, 0.25) is 5.91 Å². The molecule has 1 saturated heterocycles. The average molecular weight is 343 g/mol. The van der Waals surface area contributed by atoms with Crippen LogP contribution in [-0.2, 0) is 16.1 Å². The van der Waals surface area contributed by atoms with E-state index >= 15 is 0 Å². The van der Waals surface area contributed by atoms with Crippen molar-refractivity contribution in [1.82, 2.24) is 14.7 Å². The van der Waals surface area contributed by atoms with Crippen LogP contribution in [0.5, 0.6) is 5.75 Å². The van der Waals surface area contributed by atoms with Crippen LogP contribution in [0.25, 0.3) is 0 Å². The van der Waals surface area contributed by atoms with Crippen LogP contribution in [0.15, 0.2) is 42.7 Å². The zero-order valence-corrected chi connectivity index (χ0v) is 14.0. The van der Waals surface area contributed by atoms with Gasteiger partial charge < -0.3 is 14.7 Å². The summed E-state index contributed by atoms with van der Waals surface area (Å²) < 4.78 is 6.92. The Bertz CT molecular complexity index is 745. The minimum atomic E-state index is -0.879. The van der Waals surface area contributed by atoms with Gasteiger partial charge in [-0.25, -0.2) is 0 Å². The summed E-state index contributed by atoms with van der Waals surface area (Å²) in [5, 5.41) is 13.6. The number of aromatic nitrogens is 2. The molecule has 0 spiro atoms. The number of carbonyl (C=O) groups is 2. The standard InChI is InChI=1S/C18H21N3O4/c1-25-14-5-2-4-13(10-14)15-11-20(12-16(15)18(23)24)17(22)6-9-21-8-3-7-19-21/h2-5,7-8,10,15-16H,6,9,11-12H2,1H3,(H,23,24)/t15-,16+/m0/s1. The van der Waals surface area contributed by atoms with Gasteiger partial charge in [0, 0.05) is 44.4 Å². The highest BCUT2D eigenvalue weighted by atomic mass is 16.5. The number of likely N-dealkylation sites (tertiary alicyclic amines) is 1. The van der Waals surface area contributed by atoms with E-state index in [4.69, 9.17) is 4.74 Å². The molecule has 1 aromatic heterocycles. The molecular formula is C18H21N3O4. The lowest BCUT2D eigenvalue weighted by Gasteiger charge is -2.17. The Morgan fingerprint density at radius 2 is 2.16 bits per heavy atom. The summed E-state index contributed by atoms with van der Waals surface area (Å²) in [6.07, 6.45) is 3.77. The number of carbonyl (C=O) groups excluding carboxylic acids is 1. The predicted octanol–water partition coefficient (Wildman–Crippen LogP) is 1.61. The molecule has 7 heteroatoms. The number of carboxylic acids is 1. The monoisotopic (exact) mass is 343 g/mol. The van der Waals surface area contributed by atoms with E-state index in [2.05, 4.69) is 5.10 Å². The molecule has 1 fully saturated rings. The zero-order chi connectivity index (χ0) is 17.8. The van der Waals surface area contributed by atoms with E-state index in [1.54, 1.807) is 35.2 Å². The van der Waals surface area contributed by atoms with Crippen molar-refractivity contribution < 1.29 is 19.4 Å². The van der Waals surface area contributed by atoms with Gasteiger partial charge in [0.15, 0.2) is 0 Å². The summed E-state index contributed by atoms with van der Waals surface area (Å²) in [7, 11) is 1.58. The molecule has 25 heavy (non-hydrogen) atoms. The van der Waals surface area contributed by atoms with E-state index in [-0.39, 0.29) is 18.4 Å². The molecule has 1 aliphatic heterocycles. The Morgan fingerprint density at radius 1 is 1.32 bits per heavy atom. The van der Waals surface area contributed by atoms with Gasteiger partial charge in [-0.2, -0.15) is 5.10 Å². The van der Waals surface area contributed by atoms with Crippen molar-refractivity contribution in [3.8, 4) is 5.75 Å². The van der Waals surface area contributed by atoms with Crippen LogP contribution < -0.4 is 4.74 Å². The molecular weight excluding hydrogens is 322 g/mol. The van der Waals surface area contributed by atoms with Crippen LogP contribution in [0, 0.1) is 5.92 Å². The molecule has 7 nitrogen and oxygen atoms in total. The van der Waals surface area contributed by atoms with Crippen molar-refractivity contribution in [2.45, 2.75) is 18.9 Å². The molecule has 132 valence electrons. The number of aryl methyl sites for hydroxylation is 1. The van der Waals surface area contributed by atoms with Crippen molar-refractivity contribution >= 4 is 11.9 Å². The van der Waals surface area contributed by atoms with Gasteiger partial charge in [-0.1, -0.05) is 12.1 Å². The summed E-state index contributed by atoms with van der Waals surface area (Å²) in [6, 6.07) is 9.20. The maximum absolute atomic E-state index is 12.5. The highest BCUT2D eigenvalue weighted by molar-refractivity contribution is 5.79. The number of hydrogen-bond donors (Lipinski definition) is 1. The number of hydrogen-bond acceptors (Lipinski definition) is 4. The molecule has 3 rings (SSSR count). The van der Waals surface area contributed by atoms with Gasteiger partial charge in [0.05, 0.1) is 13.0 Å². The highest BCUT2D eigenvalue weighted by Crippen LogP contribution is 2.34. The number of rotatable bonds is 6. The smallest absolute Gasteiger partial charge is 0.308 e. The average Bonchev–Trinajstić information content (AvgIpc) is 3.29. The molecule has 2 atom stereocenters. The highest BCUT2D eigenvalue weighted by Gasteiger charge is 2.40. The van der Waals surface area contributed by atoms with Crippen molar-refractivity contribution in [3.63, 3.8) is 0 Å². The van der Waals surface area contributed by atoms with Crippen LogP contribution in [0.3, 0.4) is 0 Å². The summed E-state index contributed by atoms with van der Waals surface area (Å²) in [6.45, 7) is 1.13. The van der Waals surface area contributed by atoms with Gasteiger partial charge in [-0.15, -0.1) is 0 Å². The Balaban J connectivity index is 1.71.